The van der Waals surface area contributed by atoms with Gasteiger partial charge in [0.15, 0.2) is 5.82 Å². The monoisotopic (exact) mass is 357 g/mol. The van der Waals surface area contributed by atoms with E-state index in [1.807, 2.05) is 25.1 Å². The molecule has 0 aliphatic carbocycles. The molecule has 0 amide bonds. The van der Waals surface area contributed by atoms with Crippen LogP contribution in [0.15, 0.2) is 47.0 Å². The molecule has 0 atom stereocenters. The molecule has 3 rings (SSSR count). The second-order valence-electron chi connectivity index (χ2n) is 5.59. The lowest BCUT2D eigenvalue weighted by Gasteiger charge is -2.12. The number of ether oxygens (including phenoxy) is 2. The summed E-state index contributed by atoms with van der Waals surface area (Å²) in [4.78, 5) is 4.26. The molecule has 0 saturated heterocycles. The SMILES string of the molecule is CCc1noc(CNc2cc(COc3cccc(F)c3)ccc2OC)n1. The first-order valence-corrected chi connectivity index (χ1v) is 8.28. The van der Waals surface area contributed by atoms with Crippen LogP contribution in [0.25, 0.3) is 0 Å². The number of aryl methyl sites for hydroxylation is 1. The van der Waals surface area contributed by atoms with Crippen LogP contribution in [-0.4, -0.2) is 17.3 Å². The zero-order valence-electron chi connectivity index (χ0n) is 14.7. The number of rotatable bonds is 8. The van der Waals surface area contributed by atoms with Crippen molar-refractivity contribution in [2.24, 2.45) is 0 Å². The van der Waals surface area contributed by atoms with Crippen molar-refractivity contribution in [3.05, 3.63) is 65.6 Å². The number of hydrogen-bond acceptors (Lipinski definition) is 6. The van der Waals surface area contributed by atoms with E-state index in [4.69, 9.17) is 14.0 Å². The normalized spacial score (nSPS) is 10.6. The molecule has 0 unspecified atom stereocenters. The average Bonchev–Trinajstić information content (AvgIpc) is 3.13. The summed E-state index contributed by atoms with van der Waals surface area (Å²) in [6.07, 6.45) is 0.722. The molecule has 0 radical (unpaired) electrons. The predicted octanol–water partition coefficient (Wildman–Crippen LogP) is 3.97. The summed E-state index contributed by atoms with van der Waals surface area (Å²) in [7, 11) is 1.60. The van der Waals surface area contributed by atoms with Crippen molar-refractivity contribution in [2.45, 2.75) is 26.5 Å². The quantitative estimate of drug-likeness (QED) is 0.658. The Hall–Kier alpha value is -3.09. The summed E-state index contributed by atoms with van der Waals surface area (Å²) in [6.45, 7) is 2.66. The molecule has 0 saturated carbocycles. The van der Waals surface area contributed by atoms with Crippen molar-refractivity contribution in [3.63, 3.8) is 0 Å². The first-order valence-electron chi connectivity index (χ1n) is 8.28. The van der Waals surface area contributed by atoms with E-state index in [-0.39, 0.29) is 5.82 Å². The van der Waals surface area contributed by atoms with Crippen LogP contribution in [0, 0.1) is 5.82 Å². The lowest BCUT2D eigenvalue weighted by Crippen LogP contribution is -2.04. The molecule has 1 heterocycles. The standard InChI is InChI=1S/C19H20FN3O3/c1-3-18-22-19(26-23-18)11-21-16-9-13(7-8-17(16)24-2)12-25-15-6-4-5-14(20)10-15/h4-10,21H,3,11-12H2,1-2H3. The Morgan fingerprint density at radius 3 is 2.81 bits per heavy atom. The van der Waals surface area contributed by atoms with Crippen LogP contribution < -0.4 is 14.8 Å². The topological polar surface area (TPSA) is 69.4 Å². The Bertz CT molecular complexity index is 867. The number of aromatic nitrogens is 2. The van der Waals surface area contributed by atoms with E-state index in [0.29, 0.717) is 36.4 Å². The highest BCUT2D eigenvalue weighted by molar-refractivity contribution is 5.58. The highest BCUT2D eigenvalue weighted by Gasteiger charge is 2.09. The molecule has 7 heteroatoms. The first kappa shape index (κ1) is 17.7. The summed E-state index contributed by atoms with van der Waals surface area (Å²) in [5.41, 5.74) is 1.70. The minimum atomic E-state index is -0.328. The van der Waals surface area contributed by atoms with Gasteiger partial charge in [0.25, 0.3) is 0 Å². The number of halogens is 1. The molecule has 1 N–H and O–H groups in total. The number of hydrogen-bond donors (Lipinski definition) is 1. The Kier molecular flexibility index (Phi) is 5.68. The lowest BCUT2D eigenvalue weighted by molar-refractivity contribution is 0.304. The molecule has 6 nitrogen and oxygen atoms in total. The van der Waals surface area contributed by atoms with Crippen molar-refractivity contribution >= 4 is 5.69 Å². The van der Waals surface area contributed by atoms with Crippen LogP contribution >= 0.6 is 0 Å². The maximum Gasteiger partial charge on any atom is 0.245 e. The first-order chi connectivity index (χ1) is 12.7. The molecule has 0 bridgehead atoms. The molecule has 0 fully saturated rings. The third kappa shape index (κ3) is 4.50. The van der Waals surface area contributed by atoms with Crippen molar-refractivity contribution < 1.29 is 18.4 Å². The van der Waals surface area contributed by atoms with E-state index in [9.17, 15) is 4.39 Å². The van der Waals surface area contributed by atoms with Gasteiger partial charge in [-0.2, -0.15) is 4.98 Å². The highest BCUT2D eigenvalue weighted by atomic mass is 19.1. The molecular weight excluding hydrogens is 337 g/mol. The summed E-state index contributed by atoms with van der Waals surface area (Å²) in [6, 6.07) is 11.7. The fraction of sp³-hybridized carbons (Fsp3) is 0.263. The number of nitrogens with one attached hydrogen (secondary N) is 1. The van der Waals surface area contributed by atoms with Gasteiger partial charge in [-0.1, -0.05) is 24.2 Å². The van der Waals surface area contributed by atoms with E-state index in [2.05, 4.69) is 15.5 Å². The minimum Gasteiger partial charge on any atom is -0.495 e. The number of nitrogens with zero attached hydrogens (tertiary/aromatic N) is 2. The van der Waals surface area contributed by atoms with Crippen LogP contribution in [0.4, 0.5) is 10.1 Å². The summed E-state index contributed by atoms with van der Waals surface area (Å²) >= 11 is 0. The summed E-state index contributed by atoms with van der Waals surface area (Å²) in [5.74, 6) is 2.02. The molecular formula is C19H20FN3O3. The highest BCUT2D eigenvalue weighted by Crippen LogP contribution is 2.26. The second kappa shape index (κ2) is 8.33. The molecule has 136 valence electrons. The van der Waals surface area contributed by atoms with E-state index < -0.39 is 0 Å². The van der Waals surface area contributed by atoms with Crippen molar-refractivity contribution in [1.82, 2.24) is 10.1 Å². The van der Waals surface area contributed by atoms with Crippen LogP contribution in [0.2, 0.25) is 0 Å². The Morgan fingerprint density at radius 2 is 2.08 bits per heavy atom. The zero-order chi connectivity index (χ0) is 18.4. The Morgan fingerprint density at radius 1 is 1.19 bits per heavy atom. The molecule has 0 aliphatic heterocycles. The van der Waals surface area contributed by atoms with E-state index in [1.165, 1.54) is 12.1 Å². The van der Waals surface area contributed by atoms with Crippen molar-refractivity contribution in [2.75, 3.05) is 12.4 Å². The fourth-order valence-electron chi connectivity index (χ4n) is 2.38. The minimum absolute atomic E-state index is 0.308. The Balaban J connectivity index is 1.67. The molecule has 1 aromatic heterocycles. The molecule has 0 aliphatic rings. The largest absolute Gasteiger partial charge is 0.495 e. The number of benzene rings is 2. The van der Waals surface area contributed by atoms with Gasteiger partial charge >= 0.3 is 0 Å². The van der Waals surface area contributed by atoms with Crippen LogP contribution in [0.5, 0.6) is 11.5 Å². The van der Waals surface area contributed by atoms with Crippen molar-refractivity contribution in [1.29, 1.82) is 0 Å². The van der Waals surface area contributed by atoms with Crippen LogP contribution in [0.1, 0.15) is 24.2 Å². The Labute approximate surface area is 150 Å². The zero-order valence-corrected chi connectivity index (χ0v) is 14.7. The molecule has 0 spiro atoms. The van der Waals surface area contributed by atoms with Gasteiger partial charge in [0.05, 0.1) is 19.3 Å². The van der Waals surface area contributed by atoms with Gasteiger partial charge in [0.1, 0.15) is 23.9 Å². The molecule has 2 aromatic carbocycles. The number of anilines is 1. The van der Waals surface area contributed by atoms with E-state index >= 15 is 0 Å². The van der Waals surface area contributed by atoms with Crippen LogP contribution in [0.3, 0.4) is 0 Å². The third-order valence-corrected chi connectivity index (χ3v) is 3.72. The second-order valence-corrected chi connectivity index (χ2v) is 5.59. The van der Waals surface area contributed by atoms with Crippen molar-refractivity contribution in [3.8, 4) is 11.5 Å². The van der Waals surface area contributed by atoms with Crippen LogP contribution in [-0.2, 0) is 19.6 Å². The maximum atomic E-state index is 13.2. The maximum absolute atomic E-state index is 13.2. The number of methoxy groups -OCH3 is 1. The van der Waals surface area contributed by atoms with E-state index in [1.54, 1.807) is 19.2 Å². The molecule has 26 heavy (non-hydrogen) atoms. The molecule has 3 aromatic rings. The predicted molar refractivity (Wildman–Crippen MR) is 94.7 cm³/mol. The summed E-state index contributed by atoms with van der Waals surface area (Å²) in [5, 5.41) is 7.10. The summed E-state index contributed by atoms with van der Waals surface area (Å²) < 4.78 is 29.4. The van der Waals surface area contributed by atoms with Gasteiger partial charge in [-0.15, -0.1) is 0 Å². The fourth-order valence-corrected chi connectivity index (χ4v) is 2.38. The van der Waals surface area contributed by atoms with E-state index in [0.717, 1.165) is 17.7 Å². The third-order valence-electron chi connectivity index (χ3n) is 3.72. The van der Waals surface area contributed by atoms with Gasteiger partial charge in [-0.05, 0) is 29.8 Å². The average molecular weight is 357 g/mol. The van der Waals surface area contributed by atoms with Gasteiger partial charge in [-0.25, -0.2) is 4.39 Å². The lowest BCUT2D eigenvalue weighted by atomic mass is 10.2. The van der Waals surface area contributed by atoms with Gasteiger partial charge < -0.3 is 19.3 Å². The smallest absolute Gasteiger partial charge is 0.245 e. The van der Waals surface area contributed by atoms with Gasteiger partial charge in [0, 0.05) is 12.5 Å². The van der Waals surface area contributed by atoms with Gasteiger partial charge in [0.2, 0.25) is 5.89 Å². The van der Waals surface area contributed by atoms with Gasteiger partial charge in [-0.3, -0.25) is 0 Å².